The third kappa shape index (κ3) is 5.29. The molecule has 28 heavy (non-hydrogen) atoms. The van der Waals surface area contributed by atoms with Gasteiger partial charge in [0, 0.05) is 25.7 Å². The number of aliphatic imine (C=N–C) groups is 1. The Morgan fingerprint density at radius 2 is 1.96 bits per heavy atom. The van der Waals surface area contributed by atoms with Crippen molar-refractivity contribution < 1.29 is 9.15 Å². The van der Waals surface area contributed by atoms with Crippen LogP contribution in [0.3, 0.4) is 0 Å². The molecular formula is C22H32N4O2. The molecule has 0 bridgehead atoms. The van der Waals surface area contributed by atoms with Gasteiger partial charge in [0.25, 0.3) is 0 Å². The van der Waals surface area contributed by atoms with Crippen LogP contribution >= 0.6 is 0 Å². The molecule has 1 aromatic carbocycles. The standard InChI is InChI=1S/C22H32N4O2/c1-4-27-20-10-6-5-9-18(20)15-24-22(23-3)25-16-19(26-13-7-8-14-26)21-12-11-17(2)28-21/h5-6,9-12,19H,4,7-8,13-16H2,1-3H3,(H2,23,24,25). The van der Waals surface area contributed by atoms with Gasteiger partial charge in [0.15, 0.2) is 5.96 Å². The summed E-state index contributed by atoms with van der Waals surface area (Å²) in [5.41, 5.74) is 1.12. The zero-order chi connectivity index (χ0) is 19.8. The minimum Gasteiger partial charge on any atom is -0.494 e. The molecule has 1 aliphatic heterocycles. The highest BCUT2D eigenvalue weighted by Gasteiger charge is 2.26. The average molecular weight is 385 g/mol. The number of nitrogens with one attached hydrogen (secondary N) is 2. The summed E-state index contributed by atoms with van der Waals surface area (Å²) in [5, 5.41) is 6.87. The molecule has 1 unspecified atom stereocenters. The Morgan fingerprint density at radius 3 is 2.64 bits per heavy atom. The lowest BCUT2D eigenvalue weighted by Gasteiger charge is -2.27. The molecule has 1 aliphatic rings. The first-order valence-electron chi connectivity index (χ1n) is 10.2. The maximum absolute atomic E-state index is 5.94. The molecular weight excluding hydrogens is 352 g/mol. The number of benzene rings is 1. The third-order valence-corrected chi connectivity index (χ3v) is 5.08. The number of aryl methyl sites for hydroxylation is 1. The second kappa shape index (κ2) is 10.2. The van der Waals surface area contributed by atoms with Gasteiger partial charge in [-0.05, 0) is 58.0 Å². The number of likely N-dealkylation sites (tertiary alicyclic amines) is 1. The molecule has 152 valence electrons. The number of para-hydroxylation sites is 1. The third-order valence-electron chi connectivity index (χ3n) is 5.08. The summed E-state index contributed by atoms with van der Waals surface area (Å²) in [4.78, 5) is 6.87. The van der Waals surface area contributed by atoms with Gasteiger partial charge in [-0.3, -0.25) is 9.89 Å². The van der Waals surface area contributed by atoms with Crippen LogP contribution in [-0.4, -0.2) is 44.1 Å². The Kier molecular flexibility index (Phi) is 7.37. The minimum absolute atomic E-state index is 0.213. The van der Waals surface area contributed by atoms with Gasteiger partial charge in [0.05, 0.1) is 12.6 Å². The van der Waals surface area contributed by atoms with Gasteiger partial charge < -0.3 is 19.8 Å². The van der Waals surface area contributed by atoms with Crippen molar-refractivity contribution in [3.8, 4) is 5.75 Å². The van der Waals surface area contributed by atoms with Gasteiger partial charge in [0.1, 0.15) is 17.3 Å². The Labute approximate surface area is 168 Å². The molecule has 2 heterocycles. The second-order valence-electron chi connectivity index (χ2n) is 7.05. The molecule has 0 spiro atoms. The van der Waals surface area contributed by atoms with Crippen molar-refractivity contribution in [2.24, 2.45) is 4.99 Å². The molecule has 0 aliphatic carbocycles. The smallest absolute Gasteiger partial charge is 0.191 e. The van der Waals surface area contributed by atoms with Crippen LogP contribution in [0.2, 0.25) is 0 Å². The van der Waals surface area contributed by atoms with Gasteiger partial charge in [-0.25, -0.2) is 0 Å². The van der Waals surface area contributed by atoms with E-state index in [0.29, 0.717) is 13.2 Å². The van der Waals surface area contributed by atoms with Crippen molar-refractivity contribution in [1.29, 1.82) is 0 Å². The van der Waals surface area contributed by atoms with Crippen LogP contribution in [-0.2, 0) is 6.54 Å². The van der Waals surface area contributed by atoms with Crippen molar-refractivity contribution in [2.45, 2.75) is 39.3 Å². The Bertz CT molecular complexity index is 765. The fraction of sp³-hybridized carbons (Fsp3) is 0.500. The Balaban J connectivity index is 1.60. The quantitative estimate of drug-likeness (QED) is 0.539. The lowest BCUT2D eigenvalue weighted by molar-refractivity contribution is 0.213. The molecule has 1 atom stereocenters. The summed E-state index contributed by atoms with van der Waals surface area (Å²) in [7, 11) is 1.80. The summed E-state index contributed by atoms with van der Waals surface area (Å²) in [6.07, 6.45) is 2.49. The molecule has 0 amide bonds. The first kappa shape index (κ1) is 20.3. The summed E-state index contributed by atoms with van der Waals surface area (Å²) in [6.45, 7) is 8.28. The van der Waals surface area contributed by atoms with E-state index in [-0.39, 0.29) is 6.04 Å². The summed E-state index contributed by atoms with van der Waals surface area (Å²) >= 11 is 0. The van der Waals surface area contributed by atoms with Gasteiger partial charge in [-0.2, -0.15) is 0 Å². The molecule has 1 fully saturated rings. The maximum atomic E-state index is 5.94. The number of guanidine groups is 1. The fourth-order valence-electron chi connectivity index (χ4n) is 3.63. The van der Waals surface area contributed by atoms with Gasteiger partial charge in [-0.1, -0.05) is 18.2 Å². The number of rotatable bonds is 8. The van der Waals surface area contributed by atoms with Crippen LogP contribution in [0.4, 0.5) is 0 Å². The number of furan rings is 1. The molecule has 3 rings (SSSR count). The molecule has 6 heteroatoms. The fourth-order valence-corrected chi connectivity index (χ4v) is 3.63. The zero-order valence-electron chi connectivity index (χ0n) is 17.2. The maximum Gasteiger partial charge on any atom is 0.191 e. The van der Waals surface area contributed by atoms with Crippen LogP contribution in [0.15, 0.2) is 45.8 Å². The molecule has 1 aromatic heterocycles. The first-order valence-corrected chi connectivity index (χ1v) is 10.2. The van der Waals surface area contributed by atoms with Crippen molar-refractivity contribution in [3.63, 3.8) is 0 Å². The number of nitrogens with zero attached hydrogens (tertiary/aromatic N) is 2. The predicted molar refractivity (Wildman–Crippen MR) is 113 cm³/mol. The second-order valence-corrected chi connectivity index (χ2v) is 7.05. The van der Waals surface area contributed by atoms with E-state index >= 15 is 0 Å². The lowest BCUT2D eigenvalue weighted by Crippen LogP contribution is -2.42. The molecule has 0 saturated carbocycles. The van der Waals surface area contributed by atoms with Crippen LogP contribution in [0.25, 0.3) is 0 Å². The largest absolute Gasteiger partial charge is 0.494 e. The highest BCUT2D eigenvalue weighted by atomic mass is 16.5. The minimum atomic E-state index is 0.213. The molecule has 6 nitrogen and oxygen atoms in total. The van der Waals surface area contributed by atoms with Gasteiger partial charge in [0.2, 0.25) is 0 Å². The Hall–Kier alpha value is -2.47. The average Bonchev–Trinajstić information content (AvgIpc) is 3.38. The first-order chi connectivity index (χ1) is 13.7. The summed E-state index contributed by atoms with van der Waals surface area (Å²) in [6, 6.07) is 12.4. The highest BCUT2D eigenvalue weighted by molar-refractivity contribution is 5.79. The normalized spacial score (nSPS) is 16.2. The van der Waals surface area contributed by atoms with E-state index in [9.17, 15) is 0 Å². The van der Waals surface area contributed by atoms with E-state index in [1.165, 1.54) is 12.8 Å². The highest BCUT2D eigenvalue weighted by Crippen LogP contribution is 2.26. The molecule has 2 N–H and O–H groups in total. The van der Waals surface area contributed by atoms with E-state index in [4.69, 9.17) is 9.15 Å². The van der Waals surface area contributed by atoms with Crippen molar-refractivity contribution in [1.82, 2.24) is 15.5 Å². The molecule has 1 saturated heterocycles. The van der Waals surface area contributed by atoms with Gasteiger partial charge in [-0.15, -0.1) is 0 Å². The van der Waals surface area contributed by atoms with Crippen molar-refractivity contribution in [2.75, 3.05) is 33.3 Å². The van der Waals surface area contributed by atoms with Crippen molar-refractivity contribution >= 4 is 5.96 Å². The zero-order valence-corrected chi connectivity index (χ0v) is 17.2. The van der Waals surface area contributed by atoms with E-state index in [2.05, 4.69) is 32.7 Å². The number of ether oxygens (including phenoxy) is 1. The van der Waals surface area contributed by atoms with E-state index in [1.807, 2.05) is 38.1 Å². The van der Waals surface area contributed by atoms with E-state index < -0.39 is 0 Å². The monoisotopic (exact) mass is 384 g/mol. The van der Waals surface area contributed by atoms with E-state index in [0.717, 1.165) is 48.4 Å². The summed E-state index contributed by atoms with van der Waals surface area (Å²) < 4.78 is 11.6. The predicted octanol–water partition coefficient (Wildman–Crippen LogP) is 3.49. The van der Waals surface area contributed by atoms with Crippen LogP contribution in [0.1, 0.15) is 42.9 Å². The number of hydrogen-bond acceptors (Lipinski definition) is 4. The van der Waals surface area contributed by atoms with E-state index in [1.54, 1.807) is 7.05 Å². The molecule has 2 aromatic rings. The van der Waals surface area contributed by atoms with Crippen LogP contribution < -0.4 is 15.4 Å². The van der Waals surface area contributed by atoms with Crippen LogP contribution in [0, 0.1) is 6.92 Å². The Morgan fingerprint density at radius 1 is 1.18 bits per heavy atom. The van der Waals surface area contributed by atoms with Crippen LogP contribution in [0.5, 0.6) is 5.75 Å². The van der Waals surface area contributed by atoms with Gasteiger partial charge >= 0.3 is 0 Å². The lowest BCUT2D eigenvalue weighted by atomic mass is 10.2. The topological polar surface area (TPSA) is 62.0 Å². The SMILES string of the molecule is CCOc1ccccc1CNC(=NC)NCC(c1ccc(C)o1)N1CCCC1. The van der Waals surface area contributed by atoms with Crippen molar-refractivity contribution in [3.05, 3.63) is 53.5 Å². The summed E-state index contributed by atoms with van der Waals surface area (Å²) in [5.74, 6) is 3.66. The number of hydrogen-bond donors (Lipinski definition) is 2. The molecule has 0 radical (unpaired) electrons.